The van der Waals surface area contributed by atoms with Gasteiger partial charge in [0.05, 0.1) is 25.8 Å². The van der Waals surface area contributed by atoms with Crippen LogP contribution in [0.3, 0.4) is 0 Å². The van der Waals surface area contributed by atoms with Crippen molar-refractivity contribution in [3.8, 4) is 0 Å². The molecule has 0 aromatic heterocycles. The first-order valence-electron chi connectivity index (χ1n) is 10.3. The van der Waals surface area contributed by atoms with Crippen molar-refractivity contribution in [1.82, 2.24) is 15.1 Å². The van der Waals surface area contributed by atoms with Gasteiger partial charge in [0.25, 0.3) is 0 Å². The number of ether oxygens (including phenoxy) is 2. The number of nitrogens with one attached hydrogen (secondary N) is 1. The first kappa shape index (κ1) is 19.4. The lowest BCUT2D eigenvalue weighted by molar-refractivity contribution is -0.187. The molecule has 1 aromatic carbocycles. The Labute approximate surface area is 166 Å². The van der Waals surface area contributed by atoms with Gasteiger partial charge >= 0.3 is 0 Å². The first-order valence-corrected chi connectivity index (χ1v) is 10.3. The molecule has 0 unspecified atom stereocenters. The monoisotopic (exact) mass is 387 g/mol. The second-order valence-electron chi connectivity index (χ2n) is 7.82. The fourth-order valence-electron chi connectivity index (χ4n) is 4.37. The fraction of sp³-hybridized carbons (Fsp3) is 0.619. The van der Waals surface area contributed by atoms with Crippen molar-refractivity contribution < 1.29 is 19.1 Å². The van der Waals surface area contributed by atoms with Crippen molar-refractivity contribution in [3.63, 3.8) is 0 Å². The average molecular weight is 387 g/mol. The average Bonchev–Trinajstić information content (AvgIpc) is 3.37. The summed E-state index contributed by atoms with van der Waals surface area (Å²) in [6.45, 7) is 4.20. The van der Waals surface area contributed by atoms with E-state index in [2.05, 4.69) is 5.32 Å². The first-order chi connectivity index (χ1) is 13.7. The van der Waals surface area contributed by atoms with Gasteiger partial charge in [0.1, 0.15) is 0 Å². The Morgan fingerprint density at radius 2 is 1.79 bits per heavy atom. The third kappa shape index (κ3) is 4.37. The summed E-state index contributed by atoms with van der Waals surface area (Å²) < 4.78 is 11.5. The Balaban J connectivity index is 1.26. The van der Waals surface area contributed by atoms with Crippen LogP contribution in [-0.4, -0.2) is 72.8 Å². The maximum absolute atomic E-state index is 12.8. The molecule has 3 saturated heterocycles. The number of amides is 2. The van der Waals surface area contributed by atoms with E-state index < -0.39 is 5.79 Å². The van der Waals surface area contributed by atoms with Gasteiger partial charge in [-0.15, -0.1) is 0 Å². The van der Waals surface area contributed by atoms with Gasteiger partial charge in [0.15, 0.2) is 5.79 Å². The number of carbonyl (C=O) groups is 2. The number of hydrogen-bond acceptors (Lipinski definition) is 5. The van der Waals surface area contributed by atoms with E-state index in [1.807, 2.05) is 40.1 Å². The molecule has 4 rings (SSSR count). The molecular weight excluding hydrogens is 358 g/mol. The van der Waals surface area contributed by atoms with Crippen LogP contribution < -0.4 is 5.32 Å². The van der Waals surface area contributed by atoms with Crippen molar-refractivity contribution in [2.75, 3.05) is 39.4 Å². The number of rotatable bonds is 5. The van der Waals surface area contributed by atoms with E-state index in [1.165, 1.54) is 0 Å². The van der Waals surface area contributed by atoms with Crippen LogP contribution in [0, 0.1) is 0 Å². The molecule has 3 aliphatic rings. The van der Waals surface area contributed by atoms with Crippen LogP contribution in [-0.2, 0) is 25.6 Å². The minimum atomic E-state index is -0.468. The molecule has 0 bridgehead atoms. The molecule has 152 valence electrons. The van der Waals surface area contributed by atoms with Gasteiger partial charge < -0.3 is 19.7 Å². The van der Waals surface area contributed by atoms with Crippen LogP contribution in [0.1, 0.15) is 31.2 Å². The van der Waals surface area contributed by atoms with Crippen LogP contribution in [0.4, 0.5) is 0 Å². The van der Waals surface area contributed by atoms with Gasteiger partial charge in [-0.2, -0.15) is 0 Å². The SMILES string of the molecule is O=C(NCc1ccccc1)[C@@H]1CCCN1CC(=O)N1CCC2(CC1)OCCO2. The third-order valence-electron chi connectivity index (χ3n) is 6.01. The molecule has 1 spiro atoms. The normalized spacial score (nSPS) is 24.6. The van der Waals surface area contributed by atoms with Crippen LogP contribution >= 0.6 is 0 Å². The van der Waals surface area contributed by atoms with Gasteiger partial charge in [-0.3, -0.25) is 14.5 Å². The van der Waals surface area contributed by atoms with Gasteiger partial charge in [-0.1, -0.05) is 30.3 Å². The zero-order chi connectivity index (χ0) is 19.4. The highest BCUT2D eigenvalue weighted by Gasteiger charge is 2.41. The minimum absolute atomic E-state index is 0.0134. The van der Waals surface area contributed by atoms with Crippen molar-refractivity contribution in [2.24, 2.45) is 0 Å². The number of likely N-dealkylation sites (tertiary alicyclic amines) is 2. The number of nitrogens with zero attached hydrogens (tertiary/aromatic N) is 2. The Hall–Kier alpha value is -1.96. The highest BCUT2D eigenvalue weighted by Crippen LogP contribution is 2.31. The lowest BCUT2D eigenvalue weighted by atomic mass is 10.0. The second-order valence-corrected chi connectivity index (χ2v) is 7.82. The number of hydrogen-bond donors (Lipinski definition) is 1. The van der Waals surface area contributed by atoms with Crippen molar-refractivity contribution in [2.45, 2.75) is 44.1 Å². The number of piperidine rings is 1. The molecule has 0 saturated carbocycles. The summed E-state index contributed by atoms with van der Waals surface area (Å²) in [6.07, 6.45) is 3.19. The summed E-state index contributed by atoms with van der Waals surface area (Å²) in [6, 6.07) is 9.67. The quantitative estimate of drug-likeness (QED) is 0.820. The summed E-state index contributed by atoms with van der Waals surface area (Å²) in [5.41, 5.74) is 1.08. The van der Waals surface area contributed by atoms with Gasteiger partial charge in [0, 0.05) is 32.5 Å². The molecule has 1 N–H and O–H groups in total. The summed E-state index contributed by atoms with van der Waals surface area (Å²) in [5.74, 6) is -0.361. The summed E-state index contributed by atoms with van der Waals surface area (Å²) in [4.78, 5) is 29.3. The molecule has 7 nitrogen and oxygen atoms in total. The van der Waals surface area contributed by atoms with E-state index in [-0.39, 0.29) is 17.9 Å². The second kappa shape index (κ2) is 8.59. The zero-order valence-electron chi connectivity index (χ0n) is 16.3. The molecule has 0 radical (unpaired) electrons. The standard InChI is InChI=1S/C21H29N3O4/c25-19(23-11-8-21(9-12-23)27-13-14-28-21)16-24-10-4-7-18(24)20(26)22-15-17-5-2-1-3-6-17/h1-3,5-6,18H,4,7-16H2,(H,22,26)/t18-/m0/s1. The van der Waals surface area contributed by atoms with Crippen LogP contribution in [0.25, 0.3) is 0 Å². The summed E-state index contributed by atoms with van der Waals surface area (Å²) in [5, 5.41) is 3.02. The molecule has 28 heavy (non-hydrogen) atoms. The van der Waals surface area contributed by atoms with E-state index >= 15 is 0 Å². The van der Waals surface area contributed by atoms with Gasteiger partial charge in [0.2, 0.25) is 11.8 Å². The predicted molar refractivity (Wildman–Crippen MR) is 103 cm³/mol. The molecule has 3 fully saturated rings. The molecule has 3 aliphatic heterocycles. The number of carbonyl (C=O) groups excluding carboxylic acids is 2. The highest BCUT2D eigenvalue weighted by molar-refractivity contribution is 5.84. The maximum atomic E-state index is 12.8. The van der Waals surface area contributed by atoms with E-state index in [9.17, 15) is 9.59 Å². The van der Waals surface area contributed by atoms with Crippen LogP contribution in [0.15, 0.2) is 30.3 Å². The Morgan fingerprint density at radius 3 is 2.50 bits per heavy atom. The van der Waals surface area contributed by atoms with Crippen molar-refractivity contribution in [1.29, 1.82) is 0 Å². The van der Waals surface area contributed by atoms with E-state index in [1.54, 1.807) is 0 Å². The maximum Gasteiger partial charge on any atom is 0.237 e. The molecule has 2 amide bonds. The zero-order valence-corrected chi connectivity index (χ0v) is 16.3. The van der Waals surface area contributed by atoms with Gasteiger partial charge in [-0.05, 0) is 24.9 Å². The van der Waals surface area contributed by atoms with E-state index in [0.717, 1.165) is 37.8 Å². The predicted octanol–water partition coefficient (Wildman–Crippen LogP) is 1.13. The lowest BCUT2D eigenvalue weighted by Crippen LogP contribution is -2.51. The Morgan fingerprint density at radius 1 is 1.07 bits per heavy atom. The Kier molecular flexibility index (Phi) is 5.94. The molecule has 7 heteroatoms. The smallest absolute Gasteiger partial charge is 0.237 e. The third-order valence-corrected chi connectivity index (χ3v) is 6.01. The molecule has 1 atom stereocenters. The topological polar surface area (TPSA) is 71.1 Å². The Bertz CT molecular complexity index is 680. The molecule has 0 aliphatic carbocycles. The highest BCUT2D eigenvalue weighted by atomic mass is 16.7. The van der Waals surface area contributed by atoms with Crippen LogP contribution in [0.2, 0.25) is 0 Å². The largest absolute Gasteiger partial charge is 0.351 e. The molecule has 3 heterocycles. The van der Waals surface area contributed by atoms with Gasteiger partial charge in [-0.25, -0.2) is 0 Å². The summed E-state index contributed by atoms with van der Waals surface area (Å²) >= 11 is 0. The lowest BCUT2D eigenvalue weighted by Gasteiger charge is -2.38. The van der Waals surface area contributed by atoms with Crippen molar-refractivity contribution in [3.05, 3.63) is 35.9 Å². The number of benzene rings is 1. The molecule has 1 aromatic rings. The minimum Gasteiger partial charge on any atom is -0.351 e. The fourth-order valence-corrected chi connectivity index (χ4v) is 4.37. The summed E-state index contributed by atoms with van der Waals surface area (Å²) in [7, 11) is 0. The molecular formula is C21H29N3O4. The van der Waals surface area contributed by atoms with E-state index in [4.69, 9.17) is 9.47 Å². The van der Waals surface area contributed by atoms with E-state index in [0.29, 0.717) is 39.4 Å². The van der Waals surface area contributed by atoms with Crippen LogP contribution in [0.5, 0.6) is 0 Å². The van der Waals surface area contributed by atoms with Crippen molar-refractivity contribution >= 4 is 11.8 Å².